The van der Waals surface area contributed by atoms with Crippen molar-refractivity contribution in [2.75, 3.05) is 27.4 Å². The number of amides is 2. The Bertz CT molecular complexity index is 1890. The van der Waals surface area contributed by atoms with E-state index in [4.69, 9.17) is 24.1 Å². The maximum atomic E-state index is 14.0. The number of methoxy groups -OCH3 is 2. The molecule has 14 heteroatoms. The Kier molecular flexibility index (Phi) is 18.8. The van der Waals surface area contributed by atoms with E-state index in [0.717, 1.165) is 36.9 Å². The molecule has 6 rings (SSSR count). The molecule has 3 fully saturated rings. The normalized spacial score (nSPS) is 26.9. The number of carbonyl (C=O) groups is 6. The van der Waals surface area contributed by atoms with Crippen molar-refractivity contribution in [2.24, 2.45) is 34.5 Å². The summed E-state index contributed by atoms with van der Waals surface area (Å²) in [5, 5.41) is 26.1. The van der Waals surface area contributed by atoms with Crippen LogP contribution in [0.25, 0.3) is 0 Å². The van der Waals surface area contributed by atoms with E-state index in [1.54, 1.807) is 43.5 Å². The van der Waals surface area contributed by atoms with Crippen LogP contribution in [0.5, 0.6) is 0 Å². The predicted octanol–water partition coefficient (Wildman–Crippen LogP) is 7.29. The fourth-order valence-electron chi connectivity index (χ4n) is 9.16. The minimum Gasteiger partial charge on any atom is -0.481 e. The van der Waals surface area contributed by atoms with Gasteiger partial charge in [-0.2, -0.15) is 0 Å². The van der Waals surface area contributed by atoms with Gasteiger partial charge >= 0.3 is 23.9 Å². The summed E-state index contributed by atoms with van der Waals surface area (Å²) in [6.45, 7) is 17.4. The van der Waals surface area contributed by atoms with Crippen LogP contribution in [-0.4, -0.2) is 97.0 Å². The molecule has 1 aliphatic heterocycles. The molecule has 2 aromatic carbocycles. The molecule has 0 aromatic heterocycles. The van der Waals surface area contributed by atoms with Crippen molar-refractivity contribution in [3.63, 3.8) is 0 Å². The van der Waals surface area contributed by atoms with Crippen molar-refractivity contribution in [1.82, 2.24) is 10.6 Å². The van der Waals surface area contributed by atoms with E-state index < -0.39 is 35.1 Å². The van der Waals surface area contributed by atoms with Gasteiger partial charge in [-0.15, -0.1) is 0 Å². The second kappa shape index (κ2) is 22.6. The molecule has 14 nitrogen and oxygen atoms in total. The van der Waals surface area contributed by atoms with Gasteiger partial charge in [-0.25, -0.2) is 9.59 Å². The molecule has 2 saturated carbocycles. The molecule has 4 unspecified atom stereocenters. The van der Waals surface area contributed by atoms with Gasteiger partial charge in [-0.3, -0.25) is 14.4 Å². The fraction of sp³-hybridized carbons (Fsp3) is 0.592. The Hall–Kier alpha value is -4.92. The van der Waals surface area contributed by atoms with E-state index in [2.05, 4.69) is 29.2 Å². The first kappa shape index (κ1) is 52.4. The van der Waals surface area contributed by atoms with Crippen LogP contribution >= 0.6 is 0 Å². The van der Waals surface area contributed by atoms with Crippen molar-refractivity contribution in [3.05, 3.63) is 83.4 Å². The zero-order chi connectivity index (χ0) is 47.3. The van der Waals surface area contributed by atoms with Crippen molar-refractivity contribution >= 4 is 36.0 Å². The zero-order valence-corrected chi connectivity index (χ0v) is 38.9. The first-order valence-electron chi connectivity index (χ1n) is 21.6. The van der Waals surface area contributed by atoms with Gasteiger partial charge in [0, 0.05) is 36.3 Å². The number of fused-ring (bicyclic) bond motifs is 2. The number of esters is 2. The highest BCUT2D eigenvalue weighted by molar-refractivity contribution is 5.93. The Morgan fingerprint density at radius 2 is 1.57 bits per heavy atom. The van der Waals surface area contributed by atoms with Crippen molar-refractivity contribution in [1.29, 1.82) is 0 Å². The maximum Gasteiger partial charge on any atom is 0.338 e. The van der Waals surface area contributed by atoms with Crippen LogP contribution in [0, 0.1) is 34.5 Å². The summed E-state index contributed by atoms with van der Waals surface area (Å²) in [5.74, 6) is -0.276. The summed E-state index contributed by atoms with van der Waals surface area (Å²) in [6.07, 6.45) is 5.21. The number of ether oxygens (including phenoxy) is 4. The van der Waals surface area contributed by atoms with E-state index in [9.17, 15) is 29.1 Å². The number of hydrogen-bond donors (Lipinski definition) is 4. The third-order valence-corrected chi connectivity index (χ3v) is 13.1. The third-order valence-electron chi connectivity index (χ3n) is 13.1. The van der Waals surface area contributed by atoms with Crippen LogP contribution in [-0.2, 0) is 38.1 Å². The summed E-state index contributed by atoms with van der Waals surface area (Å²) in [4.78, 5) is 67.6. The third kappa shape index (κ3) is 13.5. The van der Waals surface area contributed by atoms with Crippen molar-refractivity contribution in [3.8, 4) is 0 Å². The maximum absolute atomic E-state index is 14.0. The zero-order valence-electron chi connectivity index (χ0n) is 38.9. The lowest BCUT2D eigenvalue weighted by atomic mass is 9.58. The van der Waals surface area contributed by atoms with Gasteiger partial charge in [0.05, 0.1) is 37.8 Å². The summed E-state index contributed by atoms with van der Waals surface area (Å²) in [5.41, 5.74) is -0.166. The number of benzene rings is 2. The molecule has 63 heavy (non-hydrogen) atoms. The van der Waals surface area contributed by atoms with Gasteiger partial charge in [0.1, 0.15) is 24.6 Å². The lowest BCUT2D eigenvalue weighted by molar-refractivity contribution is -0.162. The summed E-state index contributed by atoms with van der Waals surface area (Å²) in [6, 6.07) is 17.0. The number of carbonyl (C=O) groups excluding carboxylic acids is 5. The number of hydrogen-bond acceptors (Lipinski definition) is 11. The molecule has 1 saturated heterocycles. The number of aliphatic carboxylic acids is 1. The number of ketones is 1. The number of carboxylic acids is 1. The molecule has 9 atom stereocenters. The Morgan fingerprint density at radius 3 is 2.06 bits per heavy atom. The SMILES string of the molecule is CC(C)(C)NC(=O)N[C@H](CC(=O)O)c1ccccc1.CC=O.COC(C)=O.CO[C@H](CC1C(C)=CC[C@@](O)(COC(=O)c2ccccc2)C1(C)C)C(=O)C12CC3CO[C@@H]3CC1[C@@H]2C. The molecule has 2 aromatic rings. The topological polar surface area (TPSA) is 204 Å². The predicted molar refractivity (Wildman–Crippen MR) is 238 cm³/mol. The highest BCUT2D eigenvalue weighted by Gasteiger charge is 2.72. The van der Waals surface area contributed by atoms with Crippen LogP contribution in [0.15, 0.2) is 72.3 Å². The van der Waals surface area contributed by atoms with Gasteiger partial charge in [0.25, 0.3) is 0 Å². The number of urea groups is 1. The van der Waals surface area contributed by atoms with Crippen molar-refractivity contribution in [2.45, 2.75) is 124 Å². The molecule has 0 spiro atoms. The van der Waals surface area contributed by atoms with Gasteiger partial charge in [0.2, 0.25) is 0 Å². The van der Waals surface area contributed by atoms with E-state index in [-0.39, 0.29) is 47.7 Å². The van der Waals surface area contributed by atoms with E-state index >= 15 is 0 Å². The number of rotatable bonds is 12. The Balaban J connectivity index is 0.000000328. The highest BCUT2D eigenvalue weighted by Crippen LogP contribution is 2.70. The number of nitrogens with one attached hydrogen (secondary N) is 2. The quantitative estimate of drug-likeness (QED) is 0.0944. The largest absolute Gasteiger partial charge is 0.481 e. The monoisotopic (exact) mass is 878 g/mol. The molecular formula is C49H70N2O12. The smallest absolute Gasteiger partial charge is 0.338 e. The van der Waals surface area contributed by atoms with Crippen LogP contribution < -0.4 is 10.6 Å². The molecule has 2 amide bonds. The van der Waals surface area contributed by atoms with E-state index in [1.165, 1.54) is 21.0 Å². The second-order valence-electron chi connectivity index (χ2n) is 18.6. The van der Waals surface area contributed by atoms with Crippen molar-refractivity contribution < 1.29 is 57.9 Å². The van der Waals surface area contributed by atoms with Crippen LogP contribution in [0.3, 0.4) is 0 Å². The van der Waals surface area contributed by atoms with Crippen LogP contribution in [0.2, 0.25) is 0 Å². The molecule has 348 valence electrons. The van der Waals surface area contributed by atoms with E-state index in [0.29, 0.717) is 42.3 Å². The number of aliphatic hydroxyl groups is 1. The number of allylic oxidation sites excluding steroid dienone is 1. The van der Waals surface area contributed by atoms with Gasteiger partial charge in [-0.05, 0) is 95.8 Å². The molecule has 0 radical (unpaired) electrons. The molecule has 0 bridgehead atoms. The Labute approximate surface area is 372 Å². The second-order valence-corrected chi connectivity index (χ2v) is 18.6. The fourth-order valence-corrected chi connectivity index (χ4v) is 9.16. The molecule has 3 aliphatic carbocycles. The lowest BCUT2D eigenvalue weighted by Crippen LogP contribution is -2.56. The van der Waals surface area contributed by atoms with Crippen LogP contribution in [0.4, 0.5) is 4.79 Å². The minimum absolute atomic E-state index is 0.0899. The average Bonchev–Trinajstić information content (AvgIpc) is 3.81. The van der Waals surface area contributed by atoms with Gasteiger partial charge in [0.15, 0.2) is 5.78 Å². The van der Waals surface area contributed by atoms with Gasteiger partial charge < -0.3 is 44.6 Å². The summed E-state index contributed by atoms with van der Waals surface area (Å²) < 4.78 is 21.3. The molecule has 4 aliphatic rings. The molecule has 4 N–H and O–H groups in total. The van der Waals surface area contributed by atoms with E-state index in [1.807, 2.05) is 65.0 Å². The van der Waals surface area contributed by atoms with Crippen LogP contribution in [0.1, 0.15) is 116 Å². The first-order chi connectivity index (χ1) is 29.5. The number of Topliss-reactive ketones (excluding diaryl/α,β-unsaturated/α-hetero) is 1. The standard InChI is InChI=1S/C30H40O6.C14H20N2O3.C3H6O2.C2H4O/c1-18-11-12-29(33,17-36-27(32)20-9-7-6-8-10-20)28(3,4)22(18)13-25(34-5)26(31)30-15-21-16-35-24(21)14-23(30)19(30)2;1-14(2,3)16-13(19)15-11(9-12(17)18)10-7-5-4-6-8-10;1-3(4)5-2;1-2-3/h6-11,19,21-25,33H,12-17H2,1-5H3;4-8,11H,9H2,1-3H3,(H,17,18)(H2,15,16,19);1-2H3;2H,1H3/t19-,21?,22?,23?,24+,25+,29+,30?;11-;;/m01../s1. The summed E-state index contributed by atoms with van der Waals surface area (Å²) >= 11 is 0. The average molecular weight is 879 g/mol. The Morgan fingerprint density at radius 1 is 1.00 bits per heavy atom. The first-order valence-corrected chi connectivity index (χ1v) is 21.6. The lowest BCUT2D eigenvalue weighted by Gasteiger charge is -2.51. The molecular weight excluding hydrogens is 809 g/mol. The number of carboxylic acid groups (broad SMARTS) is 1. The highest BCUT2D eigenvalue weighted by atomic mass is 16.5. The van der Waals surface area contributed by atoms with Gasteiger partial charge in [-0.1, -0.05) is 81.0 Å². The minimum atomic E-state index is -1.25. The molecule has 1 heterocycles. The summed E-state index contributed by atoms with van der Waals surface area (Å²) in [7, 11) is 2.98. The number of aldehydes is 1.